The Kier molecular flexibility index (Phi) is 5.78. The molecule has 3 N–H and O–H groups in total. The van der Waals surface area contributed by atoms with Crippen molar-refractivity contribution in [3.8, 4) is 5.75 Å². The van der Waals surface area contributed by atoms with Crippen LogP contribution >= 0.6 is 0 Å². The van der Waals surface area contributed by atoms with E-state index in [1.165, 1.54) is 11.1 Å². The monoisotopic (exact) mass is 565 g/mol. The van der Waals surface area contributed by atoms with Gasteiger partial charge in [-0.2, -0.15) is 0 Å². The third-order valence-corrected chi connectivity index (χ3v) is 7.54. The molecule has 0 aromatic carbocycles. The van der Waals surface area contributed by atoms with Gasteiger partial charge in [-0.3, -0.25) is 14.5 Å². The average molecular weight is 566 g/mol. The molecule has 7 rings (SSSR count). The number of rotatable bonds is 7. The molecule has 1 saturated carbocycles. The highest BCUT2D eigenvalue weighted by molar-refractivity contribution is 5.95. The highest BCUT2D eigenvalue weighted by Crippen LogP contribution is 2.37. The van der Waals surface area contributed by atoms with Crippen LogP contribution in [0.1, 0.15) is 29.2 Å². The van der Waals surface area contributed by atoms with Crippen molar-refractivity contribution in [1.29, 1.82) is 0 Å². The van der Waals surface area contributed by atoms with E-state index in [9.17, 15) is 24.3 Å². The van der Waals surface area contributed by atoms with Crippen LogP contribution in [0.4, 0.5) is 26.6 Å². The van der Waals surface area contributed by atoms with Gasteiger partial charge in [-0.1, -0.05) is 0 Å². The van der Waals surface area contributed by atoms with Crippen LogP contribution in [0.5, 0.6) is 5.75 Å². The maximum absolute atomic E-state index is 15.1. The fourth-order valence-electron chi connectivity index (χ4n) is 5.24. The Hall–Kier alpha value is -4.79. The van der Waals surface area contributed by atoms with Gasteiger partial charge in [0.05, 0.1) is 11.9 Å². The summed E-state index contributed by atoms with van der Waals surface area (Å²) in [5.41, 5.74) is -0.884. The second-order valence-electron chi connectivity index (χ2n) is 10.5. The number of pyridine rings is 3. The van der Waals surface area contributed by atoms with Crippen molar-refractivity contribution in [2.75, 3.05) is 47.9 Å². The molecule has 3 aromatic rings. The predicted octanol–water partition coefficient (Wildman–Crippen LogP) is 1.10. The van der Waals surface area contributed by atoms with Crippen LogP contribution in [0.2, 0.25) is 0 Å². The molecule has 2 amide bonds. The number of ether oxygens (including phenoxy) is 2. The third-order valence-electron chi connectivity index (χ3n) is 7.54. The Labute approximate surface area is 230 Å². The highest BCUT2D eigenvalue weighted by atomic mass is 19.1. The number of cyclic esters (lactones) is 1. The van der Waals surface area contributed by atoms with Crippen molar-refractivity contribution in [3.63, 3.8) is 0 Å². The van der Waals surface area contributed by atoms with E-state index >= 15 is 4.39 Å². The van der Waals surface area contributed by atoms with E-state index in [1.807, 2.05) is 0 Å². The van der Waals surface area contributed by atoms with Crippen LogP contribution in [0, 0.1) is 5.82 Å². The van der Waals surface area contributed by atoms with E-state index in [4.69, 9.17) is 9.47 Å². The first-order valence-corrected chi connectivity index (χ1v) is 13.1. The topological polar surface area (TPSA) is 168 Å². The molecule has 0 spiro atoms. The Morgan fingerprint density at radius 3 is 2.73 bits per heavy atom. The first-order valence-electron chi connectivity index (χ1n) is 13.1. The summed E-state index contributed by atoms with van der Waals surface area (Å²) in [6, 6.07) is 4.34. The van der Waals surface area contributed by atoms with Gasteiger partial charge in [0, 0.05) is 37.9 Å². The number of carboxylic acid groups (broad SMARTS) is 1. The zero-order chi connectivity index (χ0) is 28.4. The molecule has 14 nitrogen and oxygen atoms in total. The number of carbonyl (C=O) groups is 3. The maximum atomic E-state index is 15.1. The molecule has 6 heterocycles. The fraction of sp³-hybridized carbons (Fsp3) is 0.385. The van der Waals surface area contributed by atoms with Gasteiger partial charge in [-0.05, 0) is 31.0 Å². The molecule has 2 saturated heterocycles. The van der Waals surface area contributed by atoms with Crippen molar-refractivity contribution < 1.29 is 33.4 Å². The predicted molar refractivity (Wildman–Crippen MR) is 141 cm³/mol. The minimum Gasteiger partial charge on any atom is -0.480 e. The summed E-state index contributed by atoms with van der Waals surface area (Å²) in [6.07, 6.45) is 1.95. The molecule has 3 fully saturated rings. The molecular weight excluding hydrogens is 541 g/mol. The minimum absolute atomic E-state index is 0.0195. The van der Waals surface area contributed by atoms with Crippen LogP contribution in [0.3, 0.4) is 0 Å². The summed E-state index contributed by atoms with van der Waals surface area (Å²) in [5.74, 6) is -1.29. The number of aromatic nitrogens is 3. The van der Waals surface area contributed by atoms with Gasteiger partial charge in [0.2, 0.25) is 5.43 Å². The van der Waals surface area contributed by atoms with Gasteiger partial charge in [0.25, 0.3) is 5.91 Å². The molecular formula is C26H24FN7O7. The van der Waals surface area contributed by atoms with Gasteiger partial charge in [-0.15, -0.1) is 0 Å². The summed E-state index contributed by atoms with van der Waals surface area (Å²) < 4.78 is 27.5. The van der Waals surface area contributed by atoms with Crippen molar-refractivity contribution in [2.24, 2.45) is 0 Å². The molecule has 1 unspecified atom stereocenters. The Morgan fingerprint density at radius 1 is 1.17 bits per heavy atom. The van der Waals surface area contributed by atoms with Crippen LogP contribution < -0.4 is 30.6 Å². The van der Waals surface area contributed by atoms with Crippen LogP contribution in [0.15, 0.2) is 29.2 Å². The molecule has 0 bridgehead atoms. The van der Waals surface area contributed by atoms with E-state index in [0.717, 1.165) is 18.9 Å². The summed E-state index contributed by atoms with van der Waals surface area (Å²) in [7, 11) is 0. The number of fused-ring (bicyclic) bond motifs is 2. The number of hydrogen-bond acceptors (Lipinski definition) is 10. The van der Waals surface area contributed by atoms with E-state index in [0.29, 0.717) is 31.2 Å². The normalized spacial score (nSPS) is 20.4. The highest BCUT2D eigenvalue weighted by Gasteiger charge is 2.37. The molecule has 1 atom stereocenters. The van der Waals surface area contributed by atoms with Gasteiger partial charge in [0.1, 0.15) is 23.1 Å². The second-order valence-corrected chi connectivity index (χ2v) is 10.5. The van der Waals surface area contributed by atoms with Gasteiger partial charge in [0.15, 0.2) is 29.8 Å². The van der Waals surface area contributed by atoms with Crippen molar-refractivity contribution >= 4 is 46.5 Å². The summed E-state index contributed by atoms with van der Waals surface area (Å²) in [4.78, 5) is 60.2. The van der Waals surface area contributed by atoms with Gasteiger partial charge < -0.3 is 34.7 Å². The lowest BCUT2D eigenvalue weighted by Crippen LogP contribution is -2.59. The molecule has 1 aliphatic carbocycles. The summed E-state index contributed by atoms with van der Waals surface area (Å²) in [5, 5.41) is 15.3. The van der Waals surface area contributed by atoms with Crippen molar-refractivity contribution in [3.05, 3.63) is 46.0 Å². The lowest BCUT2D eigenvalue weighted by molar-refractivity contribution is -0.118. The van der Waals surface area contributed by atoms with Gasteiger partial charge in [-0.25, -0.2) is 23.9 Å². The molecule has 15 heteroatoms. The number of amides is 2. The number of aromatic carboxylic acids is 1. The Bertz CT molecular complexity index is 1680. The summed E-state index contributed by atoms with van der Waals surface area (Å²) in [6.45, 7) is 1.39. The molecule has 3 aromatic heterocycles. The first kappa shape index (κ1) is 25.2. The lowest BCUT2D eigenvalue weighted by atomic mass is 10.1. The minimum atomic E-state index is -1.36. The largest absolute Gasteiger partial charge is 0.480 e. The van der Waals surface area contributed by atoms with E-state index in [2.05, 4.69) is 20.6 Å². The van der Waals surface area contributed by atoms with Crippen LogP contribution in [0.25, 0.3) is 11.0 Å². The quantitative estimate of drug-likeness (QED) is 0.375. The third kappa shape index (κ3) is 4.47. The van der Waals surface area contributed by atoms with E-state index in [-0.39, 0.29) is 53.8 Å². The number of nitrogens with zero attached hydrogens (tertiary/aromatic N) is 5. The average Bonchev–Trinajstić information content (AvgIpc) is 3.69. The number of nitrogens with one attached hydrogen (secondary N) is 2. The van der Waals surface area contributed by atoms with Crippen molar-refractivity contribution in [2.45, 2.75) is 31.0 Å². The number of anilines is 3. The van der Waals surface area contributed by atoms with E-state index in [1.54, 1.807) is 21.6 Å². The smallest absolute Gasteiger partial charge is 0.416 e. The molecule has 212 valence electrons. The van der Waals surface area contributed by atoms with Crippen LogP contribution in [-0.4, -0.2) is 82.5 Å². The first-order chi connectivity index (χ1) is 19.7. The Morgan fingerprint density at radius 2 is 1.98 bits per heavy atom. The zero-order valence-electron chi connectivity index (χ0n) is 21.5. The molecule has 41 heavy (non-hydrogen) atoms. The van der Waals surface area contributed by atoms with Gasteiger partial charge >= 0.3 is 12.1 Å². The molecule has 0 radical (unpaired) electrons. The summed E-state index contributed by atoms with van der Waals surface area (Å²) >= 11 is 0. The zero-order valence-corrected chi connectivity index (χ0v) is 21.5. The molecule has 4 aliphatic rings. The number of hydrogen-bond donors (Lipinski definition) is 3. The number of carbonyl (C=O) groups excluding carboxylic acids is 2. The fourth-order valence-corrected chi connectivity index (χ4v) is 5.24. The second kappa shape index (κ2) is 9.40. The van der Waals surface area contributed by atoms with Crippen molar-refractivity contribution in [1.82, 2.24) is 19.9 Å². The number of halogens is 1. The maximum Gasteiger partial charge on any atom is 0.416 e. The standard InChI is InChI=1S/C26H24FN7O7/c27-17-5-15-21(36)16(25(37)38)10-33(13-1-2-13)23(15)31-24(17)32-7-12(8-32)28-6-14-9-34(26(39)41-14)19-4-3-18-22(29-19)30-20(35)11-40-18/h3-5,10,12-14,28H,1-2,6-9,11H2,(H,37,38)(H,29,30,35). The molecule has 3 aliphatic heterocycles. The lowest BCUT2D eigenvalue weighted by Gasteiger charge is -2.41. The SMILES string of the molecule is O=C1COc2ccc(N3CC(CNC4CN(c5nc6c(cc5F)c(=O)c(C(=O)O)cn6C5CC5)C4)OC3=O)nc2N1. The number of carboxylic acids is 1. The Balaban J connectivity index is 0.997. The van der Waals surface area contributed by atoms with E-state index < -0.39 is 35.0 Å². The van der Waals surface area contributed by atoms with Crippen LogP contribution in [-0.2, 0) is 9.53 Å².